The van der Waals surface area contributed by atoms with E-state index in [0.717, 1.165) is 24.3 Å². The Labute approximate surface area is 157 Å². The van der Waals surface area contributed by atoms with Crippen LogP contribution in [-0.2, 0) is 4.79 Å². The Balaban J connectivity index is 1.69. The molecule has 1 aliphatic heterocycles. The van der Waals surface area contributed by atoms with Crippen LogP contribution >= 0.6 is 11.6 Å². The first-order valence-corrected chi connectivity index (χ1v) is 8.85. The van der Waals surface area contributed by atoms with E-state index in [-0.39, 0.29) is 11.8 Å². The number of aryl methyl sites for hydroxylation is 1. The third-order valence-corrected chi connectivity index (χ3v) is 4.91. The smallest absolute Gasteiger partial charge is 0.257 e. The molecule has 1 aromatic carbocycles. The van der Waals surface area contributed by atoms with E-state index in [0.29, 0.717) is 29.4 Å². The number of halogens is 1. The van der Waals surface area contributed by atoms with E-state index >= 15 is 0 Å². The molecule has 1 N–H and O–H groups in total. The van der Waals surface area contributed by atoms with Gasteiger partial charge in [-0.2, -0.15) is 0 Å². The van der Waals surface area contributed by atoms with Crippen LogP contribution < -0.4 is 10.2 Å². The Morgan fingerprint density at radius 2 is 1.85 bits per heavy atom. The van der Waals surface area contributed by atoms with Gasteiger partial charge >= 0.3 is 0 Å². The number of pyridine rings is 1. The van der Waals surface area contributed by atoms with Crippen LogP contribution in [0, 0.1) is 6.92 Å². The largest absolute Gasteiger partial charge is 0.367 e. The molecule has 0 atom stereocenters. The molecule has 2 heterocycles. The second-order valence-corrected chi connectivity index (χ2v) is 6.75. The van der Waals surface area contributed by atoms with Crippen LogP contribution in [0.4, 0.5) is 11.4 Å². The first kappa shape index (κ1) is 18.2. The van der Waals surface area contributed by atoms with Crippen molar-refractivity contribution in [3.8, 4) is 0 Å². The zero-order chi connectivity index (χ0) is 18.7. The van der Waals surface area contributed by atoms with Crippen molar-refractivity contribution < 1.29 is 9.59 Å². The molecular formula is C19H21ClN4O2. The summed E-state index contributed by atoms with van der Waals surface area (Å²) in [5.74, 6) is -0.144. The lowest BCUT2D eigenvalue weighted by atomic mass is 10.2. The van der Waals surface area contributed by atoms with Gasteiger partial charge in [0.15, 0.2) is 0 Å². The molecule has 0 spiro atoms. The maximum absolute atomic E-state index is 12.5. The van der Waals surface area contributed by atoms with Crippen molar-refractivity contribution in [2.45, 2.75) is 13.8 Å². The van der Waals surface area contributed by atoms with Crippen molar-refractivity contribution in [2.75, 3.05) is 36.4 Å². The molecule has 26 heavy (non-hydrogen) atoms. The summed E-state index contributed by atoms with van der Waals surface area (Å²) in [5, 5.41) is 3.45. The van der Waals surface area contributed by atoms with Gasteiger partial charge in [-0.05, 0) is 30.7 Å². The Morgan fingerprint density at radius 1 is 1.12 bits per heavy atom. The van der Waals surface area contributed by atoms with Crippen LogP contribution in [0.1, 0.15) is 22.8 Å². The molecule has 1 saturated heterocycles. The van der Waals surface area contributed by atoms with Gasteiger partial charge in [-0.1, -0.05) is 17.7 Å². The lowest BCUT2D eigenvalue weighted by molar-refractivity contribution is -0.129. The van der Waals surface area contributed by atoms with Crippen molar-refractivity contribution >= 4 is 34.8 Å². The highest BCUT2D eigenvalue weighted by molar-refractivity contribution is 6.31. The SMILES string of the molecule is CC(=O)N1CCN(c2cncc(C(=O)Nc3ccc(C)c(Cl)c3)c2)CC1. The van der Waals surface area contributed by atoms with Crippen LogP contribution in [0.15, 0.2) is 36.7 Å². The molecule has 0 aliphatic carbocycles. The van der Waals surface area contributed by atoms with Crippen molar-refractivity contribution in [3.63, 3.8) is 0 Å². The molecule has 7 heteroatoms. The minimum atomic E-state index is -0.235. The highest BCUT2D eigenvalue weighted by Gasteiger charge is 2.20. The summed E-state index contributed by atoms with van der Waals surface area (Å²) in [5.41, 5.74) is 2.96. The fraction of sp³-hybridized carbons (Fsp3) is 0.316. The van der Waals surface area contributed by atoms with E-state index in [2.05, 4.69) is 15.2 Å². The lowest BCUT2D eigenvalue weighted by Gasteiger charge is -2.35. The Kier molecular flexibility index (Phi) is 5.42. The Morgan fingerprint density at radius 3 is 2.50 bits per heavy atom. The molecule has 0 saturated carbocycles. The first-order valence-electron chi connectivity index (χ1n) is 8.47. The minimum absolute atomic E-state index is 0.0904. The zero-order valence-corrected chi connectivity index (χ0v) is 15.6. The molecule has 3 rings (SSSR count). The van der Waals surface area contributed by atoms with Crippen LogP contribution in [0.5, 0.6) is 0 Å². The number of carbonyl (C=O) groups excluding carboxylic acids is 2. The van der Waals surface area contributed by atoms with Crippen LogP contribution in [0.2, 0.25) is 5.02 Å². The lowest BCUT2D eigenvalue weighted by Crippen LogP contribution is -2.48. The summed E-state index contributed by atoms with van der Waals surface area (Å²) in [6.07, 6.45) is 3.28. The van der Waals surface area contributed by atoms with E-state index in [4.69, 9.17) is 11.6 Å². The summed E-state index contributed by atoms with van der Waals surface area (Å²) in [7, 11) is 0. The number of hydrogen-bond donors (Lipinski definition) is 1. The number of amides is 2. The average molecular weight is 373 g/mol. The van der Waals surface area contributed by atoms with Crippen molar-refractivity contribution in [1.82, 2.24) is 9.88 Å². The number of benzene rings is 1. The molecule has 2 amide bonds. The fourth-order valence-corrected chi connectivity index (χ4v) is 3.06. The average Bonchev–Trinajstić information content (AvgIpc) is 2.65. The maximum atomic E-state index is 12.5. The van der Waals surface area contributed by atoms with Crippen molar-refractivity contribution in [1.29, 1.82) is 0 Å². The molecule has 2 aromatic rings. The van der Waals surface area contributed by atoms with Gasteiger partial charge in [0, 0.05) is 50.0 Å². The minimum Gasteiger partial charge on any atom is -0.367 e. The number of rotatable bonds is 3. The number of aromatic nitrogens is 1. The number of carbonyl (C=O) groups is 2. The van der Waals surface area contributed by atoms with Crippen molar-refractivity contribution in [2.24, 2.45) is 0 Å². The van der Waals surface area contributed by atoms with E-state index in [1.807, 2.05) is 30.0 Å². The van der Waals surface area contributed by atoms with Crippen molar-refractivity contribution in [3.05, 3.63) is 52.8 Å². The molecule has 0 radical (unpaired) electrons. The second-order valence-electron chi connectivity index (χ2n) is 6.34. The number of piperazine rings is 1. The molecule has 136 valence electrons. The number of nitrogens with zero attached hydrogens (tertiary/aromatic N) is 3. The maximum Gasteiger partial charge on any atom is 0.257 e. The summed E-state index contributed by atoms with van der Waals surface area (Å²) in [6, 6.07) is 7.23. The summed E-state index contributed by atoms with van der Waals surface area (Å²) < 4.78 is 0. The van der Waals surface area contributed by atoms with E-state index in [9.17, 15) is 9.59 Å². The van der Waals surface area contributed by atoms with Crippen LogP contribution in [0.25, 0.3) is 0 Å². The quantitative estimate of drug-likeness (QED) is 0.899. The van der Waals surface area contributed by atoms with Gasteiger partial charge in [0.25, 0.3) is 5.91 Å². The Hall–Kier alpha value is -2.60. The monoisotopic (exact) mass is 372 g/mol. The van der Waals surface area contributed by atoms with E-state index < -0.39 is 0 Å². The van der Waals surface area contributed by atoms with Gasteiger partial charge in [-0.15, -0.1) is 0 Å². The molecular weight excluding hydrogens is 352 g/mol. The molecule has 0 bridgehead atoms. The predicted octanol–water partition coefficient (Wildman–Crippen LogP) is 2.96. The van der Waals surface area contributed by atoms with Gasteiger partial charge in [-0.25, -0.2) is 0 Å². The number of nitrogens with one attached hydrogen (secondary N) is 1. The van der Waals surface area contributed by atoms with Crippen LogP contribution in [0.3, 0.4) is 0 Å². The molecule has 1 fully saturated rings. The number of hydrogen-bond acceptors (Lipinski definition) is 4. The highest BCUT2D eigenvalue weighted by Crippen LogP contribution is 2.21. The van der Waals surface area contributed by atoms with E-state index in [1.165, 1.54) is 0 Å². The number of anilines is 2. The fourth-order valence-electron chi connectivity index (χ4n) is 2.88. The molecule has 6 nitrogen and oxygen atoms in total. The molecule has 1 aromatic heterocycles. The van der Waals surface area contributed by atoms with Crippen LogP contribution in [-0.4, -0.2) is 47.9 Å². The Bertz CT molecular complexity index is 832. The normalized spacial score (nSPS) is 14.3. The standard InChI is InChI=1S/C19H21ClN4O2/c1-13-3-4-16(10-18(13)20)22-19(26)15-9-17(12-21-11-15)24-7-5-23(6-8-24)14(2)25/h3-4,9-12H,5-8H2,1-2H3,(H,22,26). The van der Waals surface area contributed by atoms with Gasteiger partial charge < -0.3 is 15.1 Å². The first-order chi connectivity index (χ1) is 12.4. The van der Waals surface area contributed by atoms with Gasteiger partial charge in [0.2, 0.25) is 5.91 Å². The highest BCUT2D eigenvalue weighted by atomic mass is 35.5. The van der Waals surface area contributed by atoms with Gasteiger partial charge in [0.05, 0.1) is 17.4 Å². The third kappa shape index (κ3) is 4.14. The molecule has 1 aliphatic rings. The van der Waals surface area contributed by atoms with Gasteiger partial charge in [-0.3, -0.25) is 14.6 Å². The van der Waals surface area contributed by atoms with Gasteiger partial charge in [0.1, 0.15) is 0 Å². The second kappa shape index (κ2) is 7.74. The summed E-state index contributed by atoms with van der Waals surface area (Å²) >= 11 is 6.11. The summed E-state index contributed by atoms with van der Waals surface area (Å²) in [4.78, 5) is 32.1. The van der Waals surface area contributed by atoms with E-state index in [1.54, 1.807) is 25.4 Å². The zero-order valence-electron chi connectivity index (χ0n) is 14.8. The third-order valence-electron chi connectivity index (χ3n) is 4.51. The predicted molar refractivity (Wildman–Crippen MR) is 103 cm³/mol. The molecule has 0 unspecified atom stereocenters. The summed E-state index contributed by atoms with van der Waals surface area (Å²) in [6.45, 7) is 6.29. The topological polar surface area (TPSA) is 65.5 Å².